The van der Waals surface area contributed by atoms with Gasteiger partial charge in [-0.3, -0.25) is 4.79 Å². The van der Waals surface area contributed by atoms with E-state index >= 15 is 0 Å². The van der Waals surface area contributed by atoms with Crippen molar-refractivity contribution in [2.75, 3.05) is 19.7 Å². The zero-order valence-electron chi connectivity index (χ0n) is 21.5. The maximum atomic E-state index is 14.3. The van der Waals surface area contributed by atoms with Crippen molar-refractivity contribution < 1.29 is 27.1 Å². The second-order valence-corrected chi connectivity index (χ2v) is 11.3. The fourth-order valence-corrected chi connectivity index (χ4v) is 6.17. The molecule has 1 fully saturated rings. The highest BCUT2D eigenvalue weighted by atomic mass is 32.2. The van der Waals surface area contributed by atoms with Crippen LogP contribution in [0.25, 0.3) is 11.8 Å². The topological polar surface area (TPSA) is 85.7 Å². The molecule has 9 heteroatoms. The van der Waals surface area contributed by atoms with E-state index in [0.717, 1.165) is 25.7 Å². The fraction of sp³-hybridized carbons (Fsp3) is 0.310. The van der Waals surface area contributed by atoms with Crippen molar-refractivity contribution >= 4 is 27.9 Å². The first-order chi connectivity index (χ1) is 18.2. The van der Waals surface area contributed by atoms with Crippen LogP contribution in [0.15, 0.2) is 65.6 Å². The molecule has 0 radical (unpaired) electrons. The minimum atomic E-state index is -3.55. The second-order valence-electron chi connectivity index (χ2n) is 9.32. The molecule has 1 saturated heterocycles. The average Bonchev–Trinajstić information content (AvgIpc) is 3.07. The van der Waals surface area contributed by atoms with Crippen LogP contribution in [0.1, 0.15) is 53.0 Å². The lowest BCUT2D eigenvalue weighted by atomic mass is 10.1. The van der Waals surface area contributed by atoms with Gasteiger partial charge < -0.3 is 9.30 Å². The third-order valence-electron chi connectivity index (χ3n) is 6.67. The van der Waals surface area contributed by atoms with E-state index in [-0.39, 0.29) is 4.90 Å². The number of ketones is 1. The van der Waals surface area contributed by atoms with Gasteiger partial charge in [-0.2, -0.15) is 4.31 Å². The molecule has 0 amide bonds. The van der Waals surface area contributed by atoms with Crippen LogP contribution in [-0.2, 0) is 19.6 Å². The van der Waals surface area contributed by atoms with E-state index in [9.17, 15) is 22.4 Å². The Morgan fingerprint density at radius 3 is 2.29 bits per heavy atom. The summed E-state index contributed by atoms with van der Waals surface area (Å²) < 4.78 is 48.4. The first-order valence-corrected chi connectivity index (χ1v) is 14.0. The van der Waals surface area contributed by atoms with E-state index in [0.29, 0.717) is 41.3 Å². The smallest absolute Gasteiger partial charge is 0.331 e. The van der Waals surface area contributed by atoms with E-state index in [1.165, 1.54) is 34.7 Å². The second kappa shape index (κ2) is 11.9. The largest absolute Gasteiger partial charge is 0.454 e. The van der Waals surface area contributed by atoms with Gasteiger partial charge in [-0.25, -0.2) is 17.6 Å². The third-order valence-corrected chi connectivity index (χ3v) is 8.58. The number of ether oxygens (including phenoxy) is 1. The van der Waals surface area contributed by atoms with Crippen molar-refractivity contribution in [3.63, 3.8) is 0 Å². The Morgan fingerprint density at radius 2 is 1.63 bits per heavy atom. The van der Waals surface area contributed by atoms with Crippen LogP contribution in [-0.4, -0.2) is 48.7 Å². The predicted octanol–water partition coefficient (Wildman–Crippen LogP) is 5.24. The molecule has 0 spiro atoms. The van der Waals surface area contributed by atoms with Crippen LogP contribution in [0.2, 0.25) is 0 Å². The maximum Gasteiger partial charge on any atom is 0.331 e. The van der Waals surface area contributed by atoms with Crippen molar-refractivity contribution in [2.45, 2.75) is 44.4 Å². The maximum absolute atomic E-state index is 14.3. The van der Waals surface area contributed by atoms with Gasteiger partial charge in [0.1, 0.15) is 5.82 Å². The molecule has 0 N–H and O–H groups in total. The molecule has 4 rings (SSSR count). The molecule has 0 aliphatic carbocycles. The van der Waals surface area contributed by atoms with Gasteiger partial charge in [0.05, 0.1) is 10.6 Å². The van der Waals surface area contributed by atoms with Gasteiger partial charge >= 0.3 is 5.97 Å². The van der Waals surface area contributed by atoms with Crippen molar-refractivity contribution in [2.24, 2.45) is 0 Å². The fourth-order valence-electron chi connectivity index (χ4n) is 4.66. The van der Waals surface area contributed by atoms with Gasteiger partial charge in [-0.1, -0.05) is 37.1 Å². The van der Waals surface area contributed by atoms with E-state index < -0.39 is 34.2 Å². The number of esters is 1. The normalized spacial score (nSPS) is 14.9. The van der Waals surface area contributed by atoms with E-state index in [2.05, 4.69) is 0 Å². The van der Waals surface area contributed by atoms with Crippen LogP contribution in [0.3, 0.4) is 0 Å². The molecular weight excluding hydrogens is 507 g/mol. The first kappa shape index (κ1) is 27.5. The van der Waals surface area contributed by atoms with Crippen molar-refractivity contribution in [3.8, 4) is 5.69 Å². The third kappa shape index (κ3) is 6.11. The number of aromatic nitrogens is 1. The number of nitrogens with zero attached hydrogens (tertiary/aromatic N) is 2. The Kier molecular flexibility index (Phi) is 8.58. The quantitative estimate of drug-likeness (QED) is 0.223. The highest BCUT2D eigenvalue weighted by Gasteiger charge is 2.25. The summed E-state index contributed by atoms with van der Waals surface area (Å²) in [4.78, 5) is 25.2. The molecule has 38 heavy (non-hydrogen) atoms. The Bertz CT molecular complexity index is 1450. The summed E-state index contributed by atoms with van der Waals surface area (Å²) in [5, 5.41) is 0. The lowest BCUT2D eigenvalue weighted by Crippen LogP contribution is -2.31. The molecule has 0 unspecified atom stereocenters. The van der Waals surface area contributed by atoms with Gasteiger partial charge in [-0.05, 0) is 68.7 Å². The van der Waals surface area contributed by atoms with Gasteiger partial charge in [0.15, 0.2) is 6.61 Å². The summed E-state index contributed by atoms with van der Waals surface area (Å²) in [6, 6.07) is 14.2. The standard InChI is InChI=1S/C29H31FN2O5S/c1-21-19-25(22(2)32(21)27-10-6-5-9-26(27)30)28(33)20-37-29(34)16-13-23-11-14-24(15-12-23)38(35,36)31-17-7-3-4-8-18-31/h5-6,9-16,19H,3-4,7-8,17-18,20H2,1-2H3. The number of Topliss-reactive ketones (excluding diaryl/α,β-unsaturated/α-hetero) is 1. The number of aryl methyl sites for hydroxylation is 1. The molecular formula is C29H31FN2O5S. The first-order valence-electron chi connectivity index (χ1n) is 12.6. The van der Waals surface area contributed by atoms with E-state index in [4.69, 9.17) is 4.74 Å². The number of hydrogen-bond acceptors (Lipinski definition) is 5. The van der Waals surface area contributed by atoms with E-state index in [1.54, 1.807) is 54.8 Å². The molecule has 7 nitrogen and oxygen atoms in total. The molecule has 1 aliphatic heterocycles. The van der Waals surface area contributed by atoms with Gasteiger partial charge in [0.25, 0.3) is 0 Å². The number of para-hydroxylation sites is 1. The Morgan fingerprint density at radius 1 is 0.974 bits per heavy atom. The average molecular weight is 539 g/mol. The SMILES string of the molecule is Cc1cc(C(=O)COC(=O)C=Cc2ccc(S(=O)(=O)N3CCCCCC3)cc2)c(C)n1-c1ccccc1F. The summed E-state index contributed by atoms with van der Waals surface area (Å²) >= 11 is 0. The molecule has 1 aliphatic rings. The lowest BCUT2D eigenvalue weighted by molar-refractivity contribution is -0.136. The summed E-state index contributed by atoms with van der Waals surface area (Å²) in [5.74, 6) is -1.51. The number of halogens is 1. The summed E-state index contributed by atoms with van der Waals surface area (Å²) in [6.45, 7) is 4.08. The molecule has 1 aromatic heterocycles. The Labute approximate surface area is 222 Å². The highest BCUT2D eigenvalue weighted by Crippen LogP contribution is 2.24. The number of sulfonamides is 1. The summed E-state index contributed by atoms with van der Waals surface area (Å²) in [5.41, 5.74) is 2.55. The molecule has 0 saturated carbocycles. The van der Waals surface area contributed by atoms with Crippen molar-refractivity contribution in [3.05, 3.63) is 89.0 Å². The summed E-state index contributed by atoms with van der Waals surface area (Å²) in [7, 11) is -3.55. The van der Waals surface area contributed by atoms with Crippen LogP contribution < -0.4 is 0 Å². The number of benzene rings is 2. The molecule has 0 bridgehead atoms. The molecule has 200 valence electrons. The monoisotopic (exact) mass is 538 g/mol. The van der Waals surface area contributed by atoms with Crippen LogP contribution >= 0.6 is 0 Å². The van der Waals surface area contributed by atoms with Crippen molar-refractivity contribution in [1.29, 1.82) is 0 Å². The number of rotatable bonds is 8. The van der Waals surface area contributed by atoms with Gasteiger partial charge in [0.2, 0.25) is 15.8 Å². The Hall–Kier alpha value is -3.56. The minimum absolute atomic E-state index is 0.220. The van der Waals surface area contributed by atoms with Crippen LogP contribution in [0, 0.1) is 19.7 Å². The Balaban J connectivity index is 1.36. The molecule has 0 atom stereocenters. The zero-order valence-corrected chi connectivity index (χ0v) is 22.3. The molecule has 2 heterocycles. The van der Waals surface area contributed by atoms with Crippen LogP contribution in [0.5, 0.6) is 0 Å². The molecule has 3 aromatic rings. The highest BCUT2D eigenvalue weighted by molar-refractivity contribution is 7.89. The van der Waals surface area contributed by atoms with Crippen LogP contribution in [0.4, 0.5) is 4.39 Å². The number of carbonyl (C=O) groups is 2. The van der Waals surface area contributed by atoms with Crippen molar-refractivity contribution in [1.82, 2.24) is 8.87 Å². The lowest BCUT2D eigenvalue weighted by Gasteiger charge is -2.19. The predicted molar refractivity (Wildman–Crippen MR) is 143 cm³/mol. The number of hydrogen-bond donors (Lipinski definition) is 0. The van der Waals surface area contributed by atoms with Gasteiger partial charge in [0, 0.05) is 36.1 Å². The number of carbonyl (C=O) groups excluding carboxylic acids is 2. The minimum Gasteiger partial charge on any atom is -0.454 e. The van der Waals surface area contributed by atoms with Gasteiger partial charge in [-0.15, -0.1) is 0 Å². The van der Waals surface area contributed by atoms with E-state index in [1.807, 2.05) is 0 Å². The zero-order chi connectivity index (χ0) is 27.3. The molecule has 2 aromatic carbocycles. The summed E-state index contributed by atoms with van der Waals surface area (Å²) in [6.07, 6.45) is 6.49.